The number of hydrogen-bond donors (Lipinski definition) is 3. The summed E-state index contributed by atoms with van der Waals surface area (Å²) in [5.74, 6) is -0.0598. The Kier molecular flexibility index (Phi) is 38.8. The maximum absolute atomic E-state index is 12.4. The van der Waals surface area contributed by atoms with Gasteiger partial charge in [-0.1, -0.05) is 225 Å². The highest BCUT2D eigenvalue weighted by molar-refractivity contribution is 5.76. The molecule has 3 N–H and O–H groups in total. The van der Waals surface area contributed by atoms with E-state index in [1.165, 1.54) is 193 Å². The predicted molar refractivity (Wildman–Crippen MR) is 207 cm³/mol. The standard InChI is InChI=1S/C43H85NO3/c1-3-5-7-9-11-13-15-17-19-21-23-25-27-29-31-33-35-37-39-43(47)44-41(40-45)42(46)38-36-34-32-30-28-26-24-22-20-18-16-14-12-10-8-6-4-2/h36,38,41-42,45-46H,3-35,37,39-40H2,1-2H3,(H,44,47)/b38-36+. The summed E-state index contributed by atoms with van der Waals surface area (Å²) < 4.78 is 0. The van der Waals surface area contributed by atoms with Gasteiger partial charge >= 0.3 is 0 Å². The van der Waals surface area contributed by atoms with Crippen molar-refractivity contribution in [2.24, 2.45) is 0 Å². The van der Waals surface area contributed by atoms with Crippen LogP contribution in [-0.4, -0.2) is 34.9 Å². The van der Waals surface area contributed by atoms with Gasteiger partial charge in [0.25, 0.3) is 0 Å². The number of amides is 1. The van der Waals surface area contributed by atoms with Crippen LogP contribution in [0, 0.1) is 0 Å². The van der Waals surface area contributed by atoms with E-state index < -0.39 is 12.1 Å². The van der Waals surface area contributed by atoms with Crippen molar-refractivity contribution in [3.05, 3.63) is 12.2 Å². The second-order valence-electron chi connectivity index (χ2n) is 14.8. The second-order valence-corrected chi connectivity index (χ2v) is 14.8. The van der Waals surface area contributed by atoms with E-state index in [0.717, 1.165) is 25.7 Å². The van der Waals surface area contributed by atoms with Gasteiger partial charge in [-0.25, -0.2) is 0 Å². The Balaban J connectivity index is 3.54. The summed E-state index contributed by atoms with van der Waals surface area (Å²) in [6.45, 7) is 4.33. The number of carbonyl (C=O) groups excluding carboxylic acids is 1. The molecule has 1 amide bonds. The summed E-state index contributed by atoms with van der Waals surface area (Å²) in [6.07, 6.45) is 48.8. The summed E-state index contributed by atoms with van der Waals surface area (Å²) in [4.78, 5) is 12.4. The molecule has 0 rings (SSSR count). The van der Waals surface area contributed by atoms with Crippen molar-refractivity contribution in [1.29, 1.82) is 0 Å². The minimum atomic E-state index is -0.833. The molecule has 0 aromatic rings. The van der Waals surface area contributed by atoms with Crippen molar-refractivity contribution >= 4 is 5.91 Å². The number of hydrogen-bond acceptors (Lipinski definition) is 3. The zero-order valence-electron chi connectivity index (χ0n) is 32.1. The van der Waals surface area contributed by atoms with Crippen molar-refractivity contribution in [3.8, 4) is 0 Å². The summed E-state index contributed by atoms with van der Waals surface area (Å²) in [5.41, 5.74) is 0. The SMILES string of the molecule is CCCCCCCCCCCCCCCCC/C=C/C(O)C(CO)NC(=O)CCCCCCCCCCCCCCCCCCCC. The van der Waals surface area contributed by atoms with Crippen molar-refractivity contribution in [1.82, 2.24) is 5.32 Å². The van der Waals surface area contributed by atoms with Gasteiger partial charge in [0, 0.05) is 6.42 Å². The first-order valence-electron chi connectivity index (χ1n) is 21.4. The maximum Gasteiger partial charge on any atom is 0.220 e. The van der Waals surface area contributed by atoms with Gasteiger partial charge in [0.1, 0.15) is 0 Å². The highest BCUT2D eigenvalue weighted by Crippen LogP contribution is 2.16. The third-order valence-corrected chi connectivity index (χ3v) is 10.0. The molecule has 0 fully saturated rings. The fourth-order valence-corrected chi connectivity index (χ4v) is 6.71. The third-order valence-electron chi connectivity index (χ3n) is 10.0. The Morgan fingerprint density at radius 2 is 0.787 bits per heavy atom. The van der Waals surface area contributed by atoms with Crippen LogP contribution in [0.4, 0.5) is 0 Å². The molecule has 0 aliphatic heterocycles. The molecular weight excluding hydrogens is 578 g/mol. The fraction of sp³-hybridized carbons (Fsp3) is 0.930. The van der Waals surface area contributed by atoms with E-state index in [1.54, 1.807) is 6.08 Å². The van der Waals surface area contributed by atoms with E-state index in [1.807, 2.05) is 6.08 Å². The third kappa shape index (κ3) is 36.2. The fourth-order valence-electron chi connectivity index (χ4n) is 6.71. The van der Waals surface area contributed by atoms with Crippen molar-refractivity contribution in [2.75, 3.05) is 6.61 Å². The highest BCUT2D eigenvalue weighted by Gasteiger charge is 2.17. The van der Waals surface area contributed by atoms with E-state index in [2.05, 4.69) is 19.2 Å². The van der Waals surface area contributed by atoms with Crippen LogP contribution in [0.2, 0.25) is 0 Å². The molecule has 0 saturated carbocycles. The largest absolute Gasteiger partial charge is 0.394 e. The second kappa shape index (κ2) is 39.6. The molecule has 0 spiro atoms. The number of aliphatic hydroxyl groups is 2. The van der Waals surface area contributed by atoms with Crippen molar-refractivity contribution in [2.45, 2.75) is 251 Å². The number of allylic oxidation sites excluding steroid dienone is 1. The molecule has 2 atom stereocenters. The van der Waals surface area contributed by atoms with Crippen LogP contribution in [0.15, 0.2) is 12.2 Å². The molecule has 0 radical (unpaired) electrons. The van der Waals surface area contributed by atoms with Crippen LogP contribution in [0.1, 0.15) is 239 Å². The molecule has 4 heteroatoms. The Labute approximate surface area is 295 Å². The van der Waals surface area contributed by atoms with Gasteiger partial charge in [-0.15, -0.1) is 0 Å². The summed E-state index contributed by atoms with van der Waals surface area (Å²) in [6, 6.07) is -0.615. The Morgan fingerprint density at radius 3 is 1.11 bits per heavy atom. The zero-order valence-corrected chi connectivity index (χ0v) is 32.1. The van der Waals surface area contributed by atoms with Gasteiger partial charge < -0.3 is 15.5 Å². The molecule has 0 aliphatic rings. The molecule has 0 aromatic heterocycles. The summed E-state index contributed by atoms with van der Waals surface area (Å²) in [5, 5.41) is 23.0. The first-order chi connectivity index (χ1) is 23.2. The smallest absolute Gasteiger partial charge is 0.220 e. The van der Waals surface area contributed by atoms with Crippen LogP contribution < -0.4 is 5.32 Å². The van der Waals surface area contributed by atoms with E-state index in [4.69, 9.17) is 0 Å². The minimum Gasteiger partial charge on any atom is -0.394 e. The summed E-state index contributed by atoms with van der Waals surface area (Å²) in [7, 11) is 0. The monoisotopic (exact) mass is 664 g/mol. The van der Waals surface area contributed by atoms with Gasteiger partial charge in [0.05, 0.1) is 18.8 Å². The van der Waals surface area contributed by atoms with Crippen molar-refractivity contribution in [3.63, 3.8) is 0 Å². The molecule has 4 nitrogen and oxygen atoms in total. The molecule has 2 unspecified atom stereocenters. The number of carbonyl (C=O) groups is 1. The molecule has 0 aromatic carbocycles. The quantitative estimate of drug-likeness (QED) is 0.0453. The first kappa shape index (κ1) is 46.1. The van der Waals surface area contributed by atoms with Gasteiger partial charge in [0.2, 0.25) is 5.91 Å². The number of aliphatic hydroxyl groups excluding tert-OH is 2. The van der Waals surface area contributed by atoms with Crippen LogP contribution in [-0.2, 0) is 4.79 Å². The normalized spacial score (nSPS) is 13.0. The Bertz CT molecular complexity index is 637. The lowest BCUT2D eigenvalue weighted by molar-refractivity contribution is -0.123. The minimum absolute atomic E-state index is 0.0598. The average Bonchev–Trinajstić information content (AvgIpc) is 3.07. The number of unbranched alkanes of at least 4 members (excludes halogenated alkanes) is 32. The first-order valence-corrected chi connectivity index (χ1v) is 21.4. The summed E-state index contributed by atoms with van der Waals surface area (Å²) >= 11 is 0. The Hall–Kier alpha value is -0.870. The van der Waals surface area contributed by atoms with E-state index in [-0.39, 0.29) is 12.5 Å². The molecule has 0 saturated heterocycles. The van der Waals surface area contributed by atoms with Gasteiger partial charge in [-0.2, -0.15) is 0 Å². The van der Waals surface area contributed by atoms with Gasteiger partial charge in [0.15, 0.2) is 0 Å². The lowest BCUT2D eigenvalue weighted by Crippen LogP contribution is -2.45. The van der Waals surface area contributed by atoms with Crippen LogP contribution in [0.3, 0.4) is 0 Å². The molecule has 280 valence electrons. The molecule has 0 heterocycles. The highest BCUT2D eigenvalue weighted by atomic mass is 16.3. The van der Waals surface area contributed by atoms with Gasteiger partial charge in [-0.3, -0.25) is 4.79 Å². The van der Waals surface area contributed by atoms with E-state index >= 15 is 0 Å². The van der Waals surface area contributed by atoms with E-state index in [0.29, 0.717) is 6.42 Å². The lowest BCUT2D eigenvalue weighted by atomic mass is 10.0. The van der Waals surface area contributed by atoms with Crippen LogP contribution in [0.5, 0.6) is 0 Å². The predicted octanol–water partition coefficient (Wildman–Crippen LogP) is 13.1. The van der Waals surface area contributed by atoms with E-state index in [9.17, 15) is 15.0 Å². The molecule has 0 bridgehead atoms. The molecular formula is C43H85NO3. The number of rotatable bonds is 39. The number of nitrogens with one attached hydrogen (secondary N) is 1. The Morgan fingerprint density at radius 1 is 0.489 bits per heavy atom. The van der Waals surface area contributed by atoms with Crippen molar-refractivity contribution < 1.29 is 15.0 Å². The zero-order chi connectivity index (χ0) is 34.3. The molecule has 0 aliphatic carbocycles. The maximum atomic E-state index is 12.4. The lowest BCUT2D eigenvalue weighted by Gasteiger charge is -2.20. The van der Waals surface area contributed by atoms with Crippen LogP contribution in [0.25, 0.3) is 0 Å². The molecule has 47 heavy (non-hydrogen) atoms. The average molecular weight is 664 g/mol. The van der Waals surface area contributed by atoms with Gasteiger partial charge in [-0.05, 0) is 19.3 Å². The van der Waals surface area contributed by atoms with Crippen LogP contribution >= 0.6 is 0 Å². The topological polar surface area (TPSA) is 69.6 Å².